The number of sulfonamides is 1. The van der Waals surface area contributed by atoms with Gasteiger partial charge in [-0.3, -0.25) is 4.79 Å². The van der Waals surface area contributed by atoms with Crippen molar-refractivity contribution in [3.63, 3.8) is 0 Å². The molecule has 0 aliphatic rings. The number of ether oxygens (including phenoxy) is 1. The Morgan fingerprint density at radius 1 is 1.46 bits per heavy atom. The van der Waals surface area contributed by atoms with E-state index in [1.54, 1.807) is 6.07 Å². The average Bonchev–Trinajstić information content (AvgIpc) is 2.53. The van der Waals surface area contributed by atoms with E-state index in [9.17, 15) is 13.2 Å². The van der Waals surface area contributed by atoms with Gasteiger partial charge in [0.05, 0.1) is 5.02 Å². The standard InChI is InChI=1S/C14H16Cl2N2O4S2/c1-9(8-17)22-14(19)12(5-6-23-2)18-24(20,21)13-7-10(15)3-4-11(13)16/h3-4,7,9,12,18H,5-6H2,1-2H3/t9-,12+/m1/s1. The largest absolute Gasteiger partial charge is 0.446 e. The highest BCUT2D eigenvalue weighted by Crippen LogP contribution is 2.25. The topological polar surface area (TPSA) is 96.3 Å². The minimum absolute atomic E-state index is 0.0192. The number of carbonyl (C=O) groups is 1. The molecule has 1 aromatic carbocycles. The van der Waals surface area contributed by atoms with Gasteiger partial charge in [-0.25, -0.2) is 8.42 Å². The number of carbonyl (C=O) groups excluding carboxylic acids is 1. The van der Waals surface area contributed by atoms with Crippen LogP contribution in [0.5, 0.6) is 0 Å². The highest BCUT2D eigenvalue weighted by molar-refractivity contribution is 7.98. The molecule has 2 atom stereocenters. The van der Waals surface area contributed by atoms with Crippen molar-refractivity contribution in [3.8, 4) is 6.07 Å². The molecule has 0 unspecified atom stereocenters. The van der Waals surface area contributed by atoms with Crippen molar-refractivity contribution in [1.29, 1.82) is 5.26 Å². The monoisotopic (exact) mass is 410 g/mol. The highest BCUT2D eigenvalue weighted by Gasteiger charge is 2.29. The molecule has 0 bridgehead atoms. The molecule has 132 valence electrons. The van der Waals surface area contributed by atoms with Crippen LogP contribution in [0.4, 0.5) is 0 Å². The number of halogens is 2. The minimum Gasteiger partial charge on any atom is -0.446 e. The molecule has 0 aromatic heterocycles. The molecule has 0 aliphatic carbocycles. The van der Waals surface area contributed by atoms with Crippen molar-refractivity contribution in [3.05, 3.63) is 28.2 Å². The molecular weight excluding hydrogens is 395 g/mol. The van der Waals surface area contributed by atoms with Crippen LogP contribution >= 0.6 is 35.0 Å². The Morgan fingerprint density at radius 3 is 2.71 bits per heavy atom. The first-order valence-electron chi connectivity index (χ1n) is 6.77. The summed E-state index contributed by atoms with van der Waals surface area (Å²) in [6.45, 7) is 1.39. The summed E-state index contributed by atoms with van der Waals surface area (Å²) in [5, 5.41) is 8.89. The molecule has 10 heteroatoms. The number of nitrogens with one attached hydrogen (secondary N) is 1. The maximum Gasteiger partial charge on any atom is 0.325 e. The summed E-state index contributed by atoms with van der Waals surface area (Å²) in [7, 11) is -4.09. The Kier molecular flexibility index (Phi) is 8.33. The van der Waals surface area contributed by atoms with E-state index in [2.05, 4.69) is 4.72 Å². The highest BCUT2D eigenvalue weighted by atomic mass is 35.5. The Balaban J connectivity index is 3.05. The minimum atomic E-state index is -4.09. The van der Waals surface area contributed by atoms with Gasteiger partial charge in [0.1, 0.15) is 17.0 Å². The molecule has 1 N–H and O–H groups in total. The van der Waals surface area contributed by atoms with Crippen LogP contribution in [-0.4, -0.2) is 38.5 Å². The zero-order valence-corrected chi connectivity index (χ0v) is 16.1. The van der Waals surface area contributed by atoms with Crippen LogP contribution < -0.4 is 4.72 Å². The van der Waals surface area contributed by atoms with E-state index in [-0.39, 0.29) is 21.4 Å². The lowest BCUT2D eigenvalue weighted by molar-refractivity contribution is -0.147. The van der Waals surface area contributed by atoms with Crippen molar-refractivity contribution in [1.82, 2.24) is 4.72 Å². The first-order chi connectivity index (χ1) is 11.2. The molecule has 0 heterocycles. The third-order valence-electron chi connectivity index (χ3n) is 2.85. The molecule has 1 aromatic rings. The molecule has 1 rings (SSSR count). The van der Waals surface area contributed by atoms with Gasteiger partial charge < -0.3 is 4.74 Å². The van der Waals surface area contributed by atoms with Crippen LogP contribution in [0.3, 0.4) is 0 Å². The third-order valence-corrected chi connectivity index (χ3v) is 5.68. The second kappa shape index (κ2) is 9.49. The molecular formula is C14H16Cl2N2O4S2. The van der Waals surface area contributed by atoms with Crippen LogP contribution in [0, 0.1) is 11.3 Å². The lowest BCUT2D eigenvalue weighted by atomic mass is 10.2. The summed E-state index contributed by atoms with van der Waals surface area (Å²) in [4.78, 5) is 11.9. The van der Waals surface area contributed by atoms with Crippen LogP contribution in [0.25, 0.3) is 0 Å². The van der Waals surface area contributed by atoms with E-state index >= 15 is 0 Å². The van der Waals surface area contributed by atoms with Gasteiger partial charge in [0, 0.05) is 5.02 Å². The van der Waals surface area contributed by atoms with E-state index < -0.39 is 28.1 Å². The van der Waals surface area contributed by atoms with Crippen molar-refractivity contribution in [2.45, 2.75) is 30.4 Å². The molecule has 0 fully saturated rings. The number of nitrogens with zero attached hydrogens (tertiary/aromatic N) is 1. The Bertz CT molecular complexity index is 735. The molecule has 0 amide bonds. The summed E-state index contributed by atoms with van der Waals surface area (Å²) in [5.41, 5.74) is 0. The number of hydrogen-bond acceptors (Lipinski definition) is 6. The molecule has 0 spiro atoms. The molecule has 24 heavy (non-hydrogen) atoms. The molecule has 0 radical (unpaired) electrons. The predicted molar refractivity (Wildman–Crippen MR) is 94.7 cm³/mol. The van der Waals surface area contributed by atoms with Gasteiger partial charge in [0.25, 0.3) is 0 Å². The van der Waals surface area contributed by atoms with E-state index in [4.69, 9.17) is 33.2 Å². The summed E-state index contributed by atoms with van der Waals surface area (Å²) < 4.78 is 32.2. The number of rotatable bonds is 8. The zero-order chi connectivity index (χ0) is 18.3. The second-order valence-corrected chi connectivity index (χ2v) is 8.25. The van der Waals surface area contributed by atoms with Gasteiger partial charge in [-0.15, -0.1) is 0 Å². The number of nitriles is 1. The maximum atomic E-state index is 12.5. The smallest absolute Gasteiger partial charge is 0.325 e. The summed E-state index contributed by atoms with van der Waals surface area (Å²) >= 11 is 13.2. The quantitative estimate of drug-likeness (QED) is 0.661. The van der Waals surface area contributed by atoms with Crippen molar-refractivity contribution in [2.75, 3.05) is 12.0 Å². The van der Waals surface area contributed by atoms with Crippen molar-refractivity contribution >= 4 is 51.0 Å². The van der Waals surface area contributed by atoms with Crippen molar-refractivity contribution in [2.24, 2.45) is 0 Å². The lowest BCUT2D eigenvalue weighted by Gasteiger charge is -2.18. The van der Waals surface area contributed by atoms with Gasteiger partial charge in [0.15, 0.2) is 6.10 Å². The van der Waals surface area contributed by atoms with Gasteiger partial charge in [-0.2, -0.15) is 21.7 Å². The van der Waals surface area contributed by atoms with E-state index in [1.165, 1.54) is 36.9 Å². The molecule has 0 saturated carbocycles. The van der Waals surface area contributed by atoms with Gasteiger partial charge >= 0.3 is 5.97 Å². The van der Waals surface area contributed by atoms with E-state index in [0.717, 1.165) is 0 Å². The van der Waals surface area contributed by atoms with Gasteiger partial charge in [0.2, 0.25) is 10.0 Å². The van der Waals surface area contributed by atoms with Crippen molar-refractivity contribution < 1.29 is 17.9 Å². The Morgan fingerprint density at radius 2 is 2.12 bits per heavy atom. The first kappa shape index (κ1) is 21.1. The SMILES string of the molecule is CSCC[C@H](NS(=O)(=O)c1cc(Cl)ccc1Cl)C(=O)O[C@H](C)C#N. The van der Waals surface area contributed by atoms with Crippen LogP contribution in [0.2, 0.25) is 10.0 Å². The average molecular weight is 411 g/mol. The Hall–Kier alpha value is -0.980. The third kappa shape index (κ3) is 6.15. The summed E-state index contributed by atoms with van der Waals surface area (Å²) in [6.07, 6.45) is 1.05. The Labute approximate surface area is 155 Å². The van der Waals surface area contributed by atoms with Gasteiger partial charge in [-0.05, 0) is 43.6 Å². The molecule has 6 nitrogen and oxygen atoms in total. The zero-order valence-electron chi connectivity index (χ0n) is 13.0. The van der Waals surface area contributed by atoms with Crippen LogP contribution in [0.15, 0.2) is 23.1 Å². The van der Waals surface area contributed by atoms with Crippen LogP contribution in [-0.2, 0) is 19.6 Å². The summed E-state index contributed by atoms with van der Waals surface area (Å²) in [5.74, 6) is -0.299. The predicted octanol–water partition coefficient (Wildman–Crippen LogP) is 2.85. The van der Waals surface area contributed by atoms with Crippen LogP contribution in [0.1, 0.15) is 13.3 Å². The van der Waals surface area contributed by atoms with Gasteiger partial charge in [-0.1, -0.05) is 23.2 Å². The normalized spacial score (nSPS) is 13.8. The summed E-state index contributed by atoms with van der Waals surface area (Å²) in [6, 6.07) is 4.63. The number of hydrogen-bond donors (Lipinski definition) is 1. The molecule has 0 saturated heterocycles. The number of benzene rings is 1. The maximum absolute atomic E-state index is 12.5. The van der Waals surface area contributed by atoms with E-state index in [1.807, 2.05) is 6.26 Å². The molecule has 0 aliphatic heterocycles. The second-order valence-electron chi connectivity index (χ2n) is 4.74. The fourth-order valence-corrected chi connectivity index (χ4v) is 4.13. The van der Waals surface area contributed by atoms with E-state index in [0.29, 0.717) is 5.75 Å². The fraction of sp³-hybridized carbons (Fsp3) is 0.429. The number of esters is 1. The first-order valence-corrected chi connectivity index (χ1v) is 10.4. The lowest BCUT2D eigenvalue weighted by Crippen LogP contribution is -2.43. The fourth-order valence-electron chi connectivity index (χ4n) is 1.68. The number of thioether (sulfide) groups is 1.